The fourth-order valence-corrected chi connectivity index (χ4v) is 2.66. The van der Waals surface area contributed by atoms with Crippen molar-refractivity contribution in [1.82, 2.24) is 5.32 Å². The molecule has 0 aromatic heterocycles. The van der Waals surface area contributed by atoms with Crippen molar-refractivity contribution in [3.05, 3.63) is 64.8 Å². The molecule has 0 spiro atoms. The SMILES string of the molecule is CC1(C)CC(C=Cc2ccccc2)=CC(=C(C#N)C#N)C1.CNC. The number of hydrogen-bond donors (Lipinski definition) is 1. The van der Waals surface area contributed by atoms with Gasteiger partial charge in [0.25, 0.3) is 0 Å². The zero-order valence-electron chi connectivity index (χ0n) is 14.9. The van der Waals surface area contributed by atoms with E-state index in [9.17, 15) is 0 Å². The summed E-state index contributed by atoms with van der Waals surface area (Å²) in [5, 5.41) is 20.9. The molecule has 0 saturated carbocycles. The van der Waals surface area contributed by atoms with Crippen LogP contribution in [0.1, 0.15) is 32.3 Å². The van der Waals surface area contributed by atoms with Gasteiger partial charge >= 0.3 is 0 Å². The van der Waals surface area contributed by atoms with Gasteiger partial charge in [0, 0.05) is 0 Å². The lowest BCUT2D eigenvalue weighted by molar-refractivity contribution is 0.354. The number of hydrogen-bond acceptors (Lipinski definition) is 3. The van der Waals surface area contributed by atoms with Gasteiger partial charge in [-0.3, -0.25) is 0 Å². The van der Waals surface area contributed by atoms with Gasteiger partial charge in [0.2, 0.25) is 0 Å². The van der Waals surface area contributed by atoms with Crippen molar-refractivity contribution in [1.29, 1.82) is 10.5 Å². The van der Waals surface area contributed by atoms with Crippen LogP contribution >= 0.6 is 0 Å². The third kappa shape index (κ3) is 6.24. The summed E-state index contributed by atoms with van der Waals surface area (Å²) in [6, 6.07) is 14.1. The van der Waals surface area contributed by atoms with E-state index in [1.807, 2.05) is 50.5 Å². The largest absolute Gasteiger partial charge is 0.323 e. The minimum atomic E-state index is 0.0688. The maximum Gasteiger partial charge on any atom is 0.132 e. The van der Waals surface area contributed by atoms with E-state index >= 15 is 0 Å². The highest BCUT2D eigenvalue weighted by molar-refractivity contribution is 5.56. The minimum absolute atomic E-state index is 0.0688. The molecule has 2 rings (SSSR count). The quantitative estimate of drug-likeness (QED) is 0.809. The highest BCUT2D eigenvalue weighted by Gasteiger charge is 2.26. The van der Waals surface area contributed by atoms with E-state index in [1.54, 1.807) is 0 Å². The van der Waals surface area contributed by atoms with E-state index in [0.717, 1.165) is 29.6 Å². The highest BCUT2D eigenvalue weighted by Crippen LogP contribution is 2.39. The molecule has 1 aliphatic rings. The first-order valence-corrected chi connectivity index (χ1v) is 8.01. The Morgan fingerprint density at radius 1 is 1.04 bits per heavy atom. The van der Waals surface area contributed by atoms with Crippen LogP contribution in [0.4, 0.5) is 0 Å². The predicted octanol–water partition coefficient (Wildman–Crippen LogP) is 4.63. The molecule has 1 N–H and O–H groups in total. The number of rotatable bonds is 2. The van der Waals surface area contributed by atoms with Gasteiger partial charge in [0.1, 0.15) is 17.7 Å². The lowest BCUT2D eigenvalue weighted by Gasteiger charge is -2.30. The molecular formula is C21H25N3. The number of nitrogens with one attached hydrogen (secondary N) is 1. The number of nitriles is 2. The smallest absolute Gasteiger partial charge is 0.132 e. The summed E-state index contributed by atoms with van der Waals surface area (Å²) in [4.78, 5) is 0. The molecule has 0 aliphatic heterocycles. The van der Waals surface area contributed by atoms with Crippen molar-refractivity contribution in [2.24, 2.45) is 5.41 Å². The average molecular weight is 319 g/mol. The van der Waals surface area contributed by atoms with Gasteiger partial charge in [-0.15, -0.1) is 0 Å². The Kier molecular flexibility index (Phi) is 7.69. The standard InChI is InChI=1S/C19H18N2.C2H7N/c1-19(2)11-16(9-8-15-6-4-3-5-7-15)10-17(12-19)18(13-20)14-21;1-3-2/h3-10H,11-12H2,1-2H3;3H,1-2H3. The summed E-state index contributed by atoms with van der Waals surface area (Å²) in [6.45, 7) is 4.34. The van der Waals surface area contributed by atoms with Gasteiger partial charge in [0.05, 0.1) is 0 Å². The second-order valence-corrected chi connectivity index (χ2v) is 6.60. The molecular weight excluding hydrogens is 294 g/mol. The summed E-state index contributed by atoms with van der Waals surface area (Å²) < 4.78 is 0. The zero-order valence-corrected chi connectivity index (χ0v) is 14.9. The third-order valence-corrected chi connectivity index (χ3v) is 3.55. The molecule has 0 radical (unpaired) electrons. The van der Waals surface area contributed by atoms with Crippen LogP contribution < -0.4 is 5.32 Å². The Morgan fingerprint density at radius 2 is 1.62 bits per heavy atom. The van der Waals surface area contributed by atoms with Crippen molar-refractivity contribution < 1.29 is 0 Å². The van der Waals surface area contributed by atoms with Crippen molar-refractivity contribution in [2.45, 2.75) is 26.7 Å². The first-order valence-electron chi connectivity index (χ1n) is 8.01. The van der Waals surface area contributed by atoms with Crippen molar-refractivity contribution in [3.8, 4) is 12.1 Å². The monoisotopic (exact) mass is 319 g/mol. The molecule has 0 fully saturated rings. The van der Waals surface area contributed by atoms with E-state index in [-0.39, 0.29) is 11.0 Å². The Balaban J connectivity index is 0.000000891. The van der Waals surface area contributed by atoms with Crippen LogP contribution in [0.15, 0.2) is 59.2 Å². The lowest BCUT2D eigenvalue weighted by atomic mass is 9.74. The molecule has 24 heavy (non-hydrogen) atoms. The lowest BCUT2D eigenvalue weighted by Crippen LogP contribution is -2.17. The Labute approximate surface area is 145 Å². The summed E-state index contributed by atoms with van der Waals surface area (Å²) in [7, 11) is 3.75. The topological polar surface area (TPSA) is 59.6 Å². The molecule has 0 saturated heterocycles. The van der Waals surface area contributed by atoms with Crippen LogP contribution in [-0.4, -0.2) is 14.1 Å². The number of benzene rings is 1. The fraction of sp³-hybridized carbons (Fsp3) is 0.333. The highest BCUT2D eigenvalue weighted by atomic mass is 14.7. The van der Waals surface area contributed by atoms with Gasteiger partial charge < -0.3 is 5.32 Å². The van der Waals surface area contributed by atoms with E-state index in [4.69, 9.17) is 10.5 Å². The van der Waals surface area contributed by atoms with Crippen LogP contribution in [0, 0.1) is 28.1 Å². The van der Waals surface area contributed by atoms with E-state index in [1.165, 1.54) is 0 Å². The Bertz CT molecular complexity index is 692. The zero-order chi connectivity index (χ0) is 18.0. The second kappa shape index (κ2) is 9.50. The van der Waals surface area contributed by atoms with Gasteiger partial charge in [-0.25, -0.2) is 0 Å². The van der Waals surface area contributed by atoms with Crippen molar-refractivity contribution in [3.63, 3.8) is 0 Å². The van der Waals surface area contributed by atoms with E-state index < -0.39 is 0 Å². The molecule has 0 bridgehead atoms. The second-order valence-electron chi connectivity index (χ2n) is 6.60. The van der Waals surface area contributed by atoms with Crippen molar-refractivity contribution in [2.75, 3.05) is 14.1 Å². The Hall–Kier alpha value is -2.62. The van der Waals surface area contributed by atoms with E-state index in [2.05, 4.69) is 43.4 Å². The van der Waals surface area contributed by atoms with Crippen LogP contribution in [0.2, 0.25) is 0 Å². The molecule has 1 aromatic rings. The van der Waals surface area contributed by atoms with Crippen LogP contribution in [0.25, 0.3) is 6.08 Å². The van der Waals surface area contributed by atoms with Crippen LogP contribution in [-0.2, 0) is 0 Å². The van der Waals surface area contributed by atoms with Crippen LogP contribution in [0.3, 0.4) is 0 Å². The molecule has 0 unspecified atom stereocenters. The summed E-state index contributed by atoms with van der Waals surface area (Å²) in [6.07, 6.45) is 7.87. The Morgan fingerprint density at radius 3 is 2.17 bits per heavy atom. The van der Waals surface area contributed by atoms with Gasteiger partial charge in [-0.1, -0.05) is 62.4 Å². The molecule has 3 heteroatoms. The first kappa shape index (κ1) is 19.4. The third-order valence-electron chi connectivity index (χ3n) is 3.55. The molecule has 0 amide bonds. The fourth-order valence-electron chi connectivity index (χ4n) is 2.66. The van der Waals surface area contributed by atoms with Crippen LogP contribution in [0.5, 0.6) is 0 Å². The summed E-state index contributed by atoms with van der Waals surface area (Å²) >= 11 is 0. The minimum Gasteiger partial charge on any atom is -0.323 e. The first-order chi connectivity index (χ1) is 11.5. The molecule has 0 atom stereocenters. The molecule has 1 aliphatic carbocycles. The van der Waals surface area contributed by atoms with Gasteiger partial charge in [-0.05, 0) is 49.1 Å². The van der Waals surface area contributed by atoms with Gasteiger partial charge in [0.15, 0.2) is 0 Å². The van der Waals surface area contributed by atoms with Crippen molar-refractivity contribution >= 4 is 6.08 Å². The number of nitrogens with zero attached hydrogens (tertiary/aromatic N) is 2. The molecule has 1 aromatic carbocycles. The molecule has 0 heterocycles. The molecule has 3 nitrogen and oxygen atoms in total. The summed E-state index contributed by atoms with van der Waals surface area (Å²) in [5.74, 6) is 0. The average Bonchev–Trinajstić information content (AvgIpc) is 2.54. The van der Waals surface area contributed by atoms with E-state index in [0.29, 0.717) is 0 Å². The summed E-state index contributed by atoms with van der Waals surface area (Å²) in [5.41, 5.74) is 3.46. The maximum atomic E-state index is 9.07. The molecule has 124 valence electrons. The predicted molar refractivity (Wildman–Crippen MR) is 99.8 cm³/mol. The normalized spacial score (nSPS) is 15.6. The number of allylic oxidation sites excluding steroid dienone is 5. The van der Waals surface area contributed by atoms with Gasteiger partial charge in [-0.2, -0.15) is 10.5 Å². The maximum absolute atomic E-state index is 9.07.